The van der Waals surface area contributed by atoms with Crippen molar-refractivity contribution in [3.63, 3.8) is 0 Å². The molecule has 2 nitrogen and oxygen atoms in total. The van der Waals surface area contributed by atoms with E-state index in [0.29, 0.717) is 0 Å². The summed E-state index contributed by atoms with van der Waals surface area (Å²) in [5.74, 6) is 4.00. The normalized spacial score (nSPS) is 26.7. The van der Waals surface area contributed by atoms with E-state index in [0.717, 1.165) is 35.9 Å². The van der Waals surface area contributed by atoms with Crippen molar-refractivity contribution in [2.24, 2.45) is 0 Å². The fourth-order valence-corrected chi connectivity index (χ4v) is 12.3. The standard InChI is InChI=1S/C8H14O2S5/c9-15(10,7-11-3-1-4-12-7)8-13-5-2-6-14-8/h7-8H,1-6H2. The SMILES string of the molecule is O=S(=O)(C1SCCCS1)C1SCCCS1. The molecule has 0 aliphatic carbocycles. The van der Waals surface area contributed by atoms with E-state index >= 15 is 0 Å². The predicted octanol–water partition coefficient (Wildman–Crippen LogP) is 2.71. The van der Waals surface area contributed by atoms with Gasteiger partial charge in [0.15, 0.2) is 17.7 Å². The number of hydrogen-bond acceptors (Lipinski definition) is 6. The van der Waals surface area contributed by atoms with Crippen LogP contribution in [0.15, 0.2) is 0 Å². The zero-order valence-corrected chi connectivity index (χ0v) is 12.3. The minimum atomic E-state index is -2.93. The van der Waals surface area contributed by atoms with Crippen molar-refractivity contribution in [2.45, 2.75) is 20.7 Å². The van der Waals surface area contributed by atoms with Gasteiger partial charge in [-0.3, -0.25) is 0 Å². The molecule has 0 radical (unpaired) electrons. The van der Waals surface area contributed by atoms with Gasteiger partial charge in [-0.25, -0.2) is 8.42 Å². The highest BCUT2D eigenvalue weighted by Crippen LogP contribution is 2.43. The molecule has 15 heavy (non-hydrogen) atoms. The van der Waals surface area contributed by atoms with E-state index in [9.17, 15) is 8.42 Å². The summed E-state index contributed by atoms with van der Waals surface area (Å²) in [6.07, 6.45) is 2.29. The van der Waals surface area contributed by atoms with Crippen molar-refractivity contribution in [1.82, 2.24) is 0 Å². The van der Waals surface area contributed by atoms with Gasteiger partial charge in [0.1, 0.15) is 0 Å². The number of hydrogen-bond donors (Lipinski definition) is 0. The first kappa shape index (κ1) is 12.8. The van der Waals surface area contributed by atoms with Crippen LogP contribution in [0, 0.1) is 0 Å². The molecule has 0 spiro atoms. The van der Waals surface area contributed by atoms with Gasteiger partial charge in [-0.2, -0.15) is 0 Å². The van der Waals surface area contributed by atoms with Gasteiger partial charge in [0.25, 0.3) is 0 Å². The third-order valence-corrected chi connectivity index (χ3v) is 12.9. The molecule has 0 saturated carbocycles. The molecule has 0 N–H and O–H groups in total. The first-order valence-electron chi connectivity index (χ1n) is 4.90. The highest BCUT2D eigenvalue weighted by Gasteiger charge is 2.37. The van der Waals surface area contributed by atoms with E-state index in [-0.39, 0.29) is 7.83 Å². The van der Waals surface area contributed by atoms with Gasteiger partial charge in [-0.1, -0.05) is 0 Å². The van der Waals surface area contributed by atoms with Gasteiger partial charge in [0.2, 0.25) is 0 Å². The molecule has 0 unspecified atom stereocenters. The van der Waals surface area contributed by atoms with Gasteiger partial charge in [-0.15, -0.1) is 47.0 Å². The number of rotatable bonds is 2. The van der Waals surface area contributed by atoms with Crippen LogP contribution in [0.3, 0.4) is 0 Å². The van der Waals surface area contributed by atoms with Crippen molar-refractivity contribution in [3.05, 3.63) is 0 Å². The van der Waals surface area contributed by atoms with Crippen LogP contribution in [-0.2, 0) is 9.84 Å². The second-order valence-electron chi connectivity index (χ2n) is 3.36. The molecule has 2 saturated heterocycles. The number of sulfone groups is 1. The lowest BCUT2D eigenvalue weighted by Gasteiger charge is -2.27. The Hall–Kier alpha value is 1.35. The molecule has 0 aromatic heterocycles. The molecule has 0 aromatic rings. The Bertz CT molecular complexity index is 266. The fraction of sp³-hybridized carbons (Fsp3) is 1.00. The lowest BCUT2D eigenvalue weighted by molar-refractivity contribution is 0.602. The summed E-state index contributed by atoms with van der Waals surface area (Å²) in [6.45, 7) is 0. The van der Waals surface area contributed by atoms with Crippen LogP contribution < -0.4 is 0 Å². The molecular formula is C8H14O2S5. The molecule has 0 bridgehead atoms. The fourth-order valence-electron chi connectivity index (χ4n) is 1.40. The lowest BCUT2D eigenvalue weighted by Crippen LogP contribution is -2.28. The van der Waals surface area contributed by atoms with E-state index < -0.39 is 9.84 Å². The summed E-state index contributed by atoms with van der Waals surface area (Å²) in [4.78, 5) is 0. The van der Waals surface area contributed by atoms with E-state index in [2.05, 4.69) is 0 Å². The highest BCUT2D eigenvalue weighted by atomic mass is 32.3. The van der Waals surface area contributed by atoms with Gasteiger partial charge in [-0.05, 0) is 35.9 Å². The average molecular weight is 303 g/mol. The van der Waals surface area contributed by atoms with Crippen molar-refractivity contribution >= 4 is 56.9 Å². The summed E-state index contributed by atoms with van der Waals surface area (Å²) in [5, 5.41) is 0. The van der Waals surface area contributed by atoms with Crippen molar-refractivity contribution in [2.75, 3.05) is 23.0 Å². The van der Waals surface area contributed by atoms with Crippen molar-refractivity contribution in [3.8, 4) is 0 Å². The van der Waals surface area contributed by atoms with Crippen LogP contribution in [0.1, 0.15) is 12.8 Å². The maximum absolute atomic E-state index is 12.3. The zero-order valence-electron chi connectivity index (χ0n) is 8.26. The first-order chi connectivity index (χ1) is 7.21. The zero-order chi connectivity index (χ0) is 10.7. The lowest BCUT2D eigenvalue weighted by atomic mass is 10.6. The largest absolute Gasteiger partial charge is 0.225 e. The summed E-state index contributed by atoms with van der Waals surface area (Å²) in [7, 11) is -2.93. The second-order valence-corrected chi connectivity index (χ2v) is 12.1. The van der Waals surface area contributed by atoms with E-state index in [1.165, 1.54) is 0 Å². The third kappa shape index (κ3) is 3.18. The molecule has 7 heteroatoms. The van der Waals surface area contributed by atoms with Crippen LogP contribution in [0.5, 0.6) is 0 Å². The first-order valence-corrected chi connectivity index (χ1v) is 10.7. The Morgan fingerprint density at radius 2 is 1.07 bits per heavy atom. The molecule has 2 heterocycles. The maximum Gasteiger partial charge on any atom is 0.193 e. The second kappa shape index (κ2) is 5.80. The van der Waals surface area contributed by atoms with E-state index in [1.54, 1.807) is 47.0 Å². The molecule has 2 fully saturated rings. The van der Waals surface area contributed by atoms with Crippen molar-refractivity contribution < 1.29 is 8.42 Å². The van der Waals surface area contributed by atoms with E-state index in [1.807, 2.05) is 0 Å². The topological polar surface area (TPSA) is 34.1 Å². The number of thioether (sulfide) groups is 4. The van der Waals surface area contributed by atoms with Gasteiger partial charge < -0.3 is 0 Å². The Labute approximate surface area is 108 Å². The minimum absolute atomic E-state index is 0.200. The molecule has 2 rings (SSSR count). The summed E-state index contributed by atoms with van der Waals surface area (Å²) in [6, 6.07) is 0. The molecule has 0 atom stereocenters. The molecular weight excluding hydrogens is 288 g/mol. The van der Waals surface area contributed by atoms with Gasteiger partial charge in [0.05, 0.1) is 0 Å². The maximum atomic E-state index is 12.3. The van der Waals surface area contributed by atoms with Crippen LogP contribution in [0.25, 0.3) is 0 Å². The minimum Gasteiger partial charge on any atom is -0.225 e. The third-order valence-electron chi connectivity index (χ3n) is 2.13. The average Bonchev–Trinajstić information content (AvgIpc) is 2.31. The summed E-state index contributed by atoms with van der Waals surface area (Å²) < 4.78 is 24.1. The smallest absolute Gasteiger partial charge is 0.193 e. The molecule has 0 aromatic carbocycles. The van der Waals surface area contributed by atoms with E-state index in [4.69, 9.17) is 0 Å². The predicted molar refractivity (Wildman–Crippen MR) is 75.6 cm³/mol. The quantitative estimate of drug-likeness (QED) is 0.780. The molecule has 2 aliphatic heterocycles. The Balaban J connectivity index is 2.03. The Morgan fingerprint density at radius 1 is 0.733 bits per heavy atom. The highest BCUT2D eigenvalue weighted by molar-refractivity contribution is 8.38. The Kier molecular flexibility index (Phi) is 4.95. The van der Waals surface area contributed by atoms with Crippen LogP contribution in [0.4, 0.5) is 0 Å². The molecule has 0 amide bonds. The van der Waals surface area contributed by atoms with Crippen LogP contribution in [-0.4, -0.2) is 39.3 Å². The van der Waals surface area contributed by atoms with Crippen molar-refractivity contribution in [1.29, 1.82) is 0 Å². The van der Waals surface area contributed by atoms with Gasteiger partial charge in [0, 0.05) is 0 Å². The summed E-state index contributed by atoms with van der Waals surface area (Å²) >= 11 is 6.45. The van der Waals surface area contributed by atoms with Crippen LogP contribution >= 0.6 is 47.0 Å². The molecule has 2 aliphatic rings. The monoisotopic (exact) mass is 302 g/mol. The molecule has 88 valence electrons. The summed E-state index contributed by atoms with van der Waals surface area (Å²) in [5.41, 5.74) is 0. The van der Waals surface area contributed by atoms with Crippen LogP contribution in [0.2, 0.25) is 0 Å². The van der Waals surface area contributed by atoms with Gasteiger partial charge >= 0.3 is 0 Å². The Morgan fingerprint density at radius 3 is 1.40 bits per heavy atom.